The minimum absolute atomic E-state index is 0.328. The highest BCUT2D eigenvalue weighted by Gasteiger charge is 2.24. The molecule has 3 heterocycles. The van der Waals surface area contributed by atoms with Crippen LogP contribution in [0.15, 0.2) is 52.9 Å². The van der Waals surface area contributed by atoms with Crippen molar-refractivity contribution in [3.05, 3.63) is 58.6 Å². The van der Waals surface area contributed by atoms with Gasteiger partial charge in [-0.15, -0.1) is 0 Å². The summed E-state index contributed by atoms with van der Waals surface area (Å²) < 4.78 is 18.1. The number of thiocarbonyl (C=S) groups is 1. The SMILES string of the molecule is COCCCn1c(-c2ccc([N+](=O)[O-])o2)nc2cc(NC(=S)Nc3ccc(OC)cc3)c(N3CCN(C)CC3)cc21. The number of rotatable bonds is 10. The van der Waals surface area contributed by atoms with Crippen LogP contribution in [0.3, 0.4) is 0 Å². The number of imidazole rings is 1. The first-order chi connectivity index (χ1) is 19.9. The molecule has 216 valence electrons. The number of piperazine rings is 1. The fraction of sp³-hybridized carbons (Fsp3) is 0.357. The second-order valence-corrected chi connectivity index (χ2v) is 10.2. The highest BCUT2D eigenvalue weighted by Crippen LogP contribution is 2.36. The molecule has 5 rings (SSSR count). The van der Waals surface area contributed by atoms with E-state index in [0.717, 1.165) is 60.9 Å². The summed E-state index contributed by atoms with van der Waals surface area (Å²) in [5.74, 6) is 1.28. The van der Waals surface area contributed by atoms with Gasteiger partial charge in [-0.1, -0.05) is 0 Å². The Bertz CT molecular complexity index is 1530. The molecule has 2 aromatic carbocycles. The Morgan fingerprint density at radius 2 is 1.85 bits per heavy atom. The fourth-order valence-electron chi connectivity index (χ4n) is 4.86. The number of benzene rings is 2. The topological polar surface area (TPSA) is 123 Å². The van der Waals surface area contributed by atoms with Crippen LogP contribution in [0.5, 0.6) is 5.75 Å². The normalized spacial score (nSPS) is 13.9. The van der Waals surface area contributed by atoms with Crippen LogP contribution in [-0.2, 0) is 11.3 Å². The van der Waals surface area contributed by atoms with Gasteiger partial charge in [0.25, 0.3) is 0 Å². The number of nitro groups is 1. The van der Waals surface area contributed by atoms with Crippen molar-refractivity contribution in [1.82, 2.24) is 14.5 Å². The number of aromatic nitrogens is 2. The summed E-state index contributed by atoms with van der Waals surface area (Å²) in [5.41, 5.74) is 4.24. The van der Waals surface area contributed by atoms with E-state index in [9.17, 15) is 10.1 Å². The summed E-state index contributed by atoms with van der Waals surface area (Å²) in [6.07, 6.45) is 0.734. The molecule has 0 unspecified atom stereocenters. The lowest BCUT2D eigenvalue weighted by atomic mass is 10.2. The maximum Gasteiger partial charge on any atom is 0.433 e. The van der Waals surface area contributed by atoms with Crippen molar-refractivity contribution in [3.63, 3.8) is 0 Å². The van der Waals surface area contributed by atoms with E-state index in [2.05, 4.69) is 33.5 Å². The van der Waals surface area contributed by atoms with Gasteiger partial charge in [-0.05, 0) is 68.2 Å². The zero-order valence-corrected chi connectivity index (χ0v) is 24.1. The predicted molar refractivity (Wildman–Crippen MR) is 163 cm³/mol. The molecule has 0 radical (unpaired) electrons. The van der Waals surface area contributed by atoms with Gasteiger partial charge in [0.2, 0.25) is 0 Å². The van der Waals surface area contributed by atoms with Crippen LogP contribution in [0.4, 0.5) is 22.9 Å². The molecular weight excluding hydrogens is 546 g/mol. The average Bonchev–Trinajstić information content (AvgIpc) is 3.59. The Morgan fingerprint density at radius 1 is 1.10 bits per heavy atom. The van der Waals surface area contributed by atoms with E-state index in [4.69, 9.17) is 31.1 Å². The molecular formula is C28H33N7O5S. The number of hydrogen-bond donors (Lipinski definition) is 2. The average molecular weight is 580 g/mol. The van der Waals surface area contributed by atoms with E-state index in [1.807, 2.05) is 34.9 Å². The summed E-state index contributed by atoms with van der Waals surface area (Å²) in [7, 11) is 5.41. The van der Waals surface area contributed by atoms with Gasteiger partial charge in [-0.3, -0.25) is 10.1 Å². The lowest BCUT2D eigenvalue weighted by molar-refractivity contribution is -0.401. The molecule has 1 aliphatic heterocycles. The number of fused-ring (bicyclic) bond motifs is 1. The summed E-state index contributed by atoms with van der Waals surface area (Å²) >= 11 is 5.69. The number of likely N-dealkylation sites (N-methyl/N-ethyl adjacent to an activating group) is 1. The van der Waals surface area contributed by atoms with Gasteiger partial charge >= 0.3 is 5.88 Å². The van der Waals surface area contributed by atoms with Gasteiger partial charge in [0.05, 0.1) is 35.6 Å². The van der Waals surface area contributed by atoms with Crippen LogP contribution in [0, 0.1) is 10.1 Å². The summed E-state index contributed by atoms with van der Waals surface area (Å²) in [6, 6.07) is 14.5. The van der Waals surface area contributed by atoms with E-state index in [1.165, 1.54) is 6.07 Å². The number of methoxy groups -OCH3 is 2. The number of nitrogens with zero attached hydrogens (tertiary/aromatic N) is 5. The molecule has 1 fully saturated rings. The summed E-state index contributed by atoms with van der Waals surface area (Å²) in [5, 5.41) is 18.3. The number of nitrogens with one attached hydrogen (secondary N) is 2. The zero-order chi connectivity index (χ0) is 28.9. The van der Waals surface area contributed by atoms with Gasteiger partial charge in [0, 0.05) is 52.1 Å². The van der Waals surface area contributed by atoms with Crippen LogP contribution < -0.4 is 20.3 Å². The van der Waals surface area contributed by atoms with Crippen LogP contribution >= 0.6 is 12.2 Å². The first-order valence-corrected chi connectivity index (χ1v) is 13.7. The molecule has 1 saturated heterocycles. The standard InChI is InChI=1S/C28H33N7O5S/c1-32-12-14-33(15-13-32)23-18-24-22(17-21(23)31-28(41)29-19-5-7-20(39-3)8-6-19)30-27(34(24)11-4-16-38-2)25-9-10-26(40-25)35(36)37/h5-10,17-18H,4,11-16H2,1-3H3,(H2,29,31,41). The van der Waals surface area contributed by atoms with E-state index in [0.29, 0.717) is 35.4 Å². The Morgan fingerprint density at radius 3 is 2.51 bits per heavy atom. The van der Waals surface area contributed by atoms with Crippen LogP contribution in [0.2, 0.25) is 0 Å². The Labute approximate surface area is 243 Å². The highest BCUT2D eigenvalue weighted by molar-refractivity contribution is 7.80. The molecule has 0 bridgehead atoms. The predicted octanol–water partition coefficient (Wildman–Crippen LogP) is 4.81. The van der Waals surface area contributed by atoms with Crippen LogP contribution in [0.1, 0.15) is 6.42 Å². The molecule has 2 N–H and O–H groups in total. The minimum Gasteiger partial charge on any atom is -0.497 e. The third-order valence-corrected chi connectivity index (χ3v) is 7.23. The monoisotopic (exact) mass is 579 g/mol. The number of aryl methyl sites for hydroxylation is 1. The molecule has 0 aliphatic carbocycles. The number of furan rings is 1. The van der Waals surface area contributed by atoms with Crippen molar-refractivity contribution < 1.29 is 18.8 Å². The lowest BCUT2D eigenvalue weighted by Gasteiger charge is -2.35. The van der Waals surface area contributed by atoms with Crippen molar-refractivity contribution in [1.29, 1.82) is 0 Å². The molecule has 0 atom stereocenters. The van der Waals surface area contributed by atoms with Crippen molar-refractivity contribution in [2.24, 2.45) is 0 Å². The van der Waals surface area contributed by atoms with Crippen molar-refractivity contribution in [2.75, 3.05) is 69.6 Å². The smallest absolute Gasteiger partial charge is 0.433 e. The van der Waals surface area contributed by atoms with Gasteiger partial charge in [-0.25, -0.2) is 4.98 Å². The molecule has 4 aromatic rings. The molecule has 0 spiro atoms. The second-order valence-electron chi connectivity index (χ2n) is 9.78. The van der Waals surface area contributed by atoms with Crippen LogP contribution in [0.25, 0.3) is 22.6 Å². The van der Waals surface area contributed by atoms with E-state index < -0.39 is 4.92 Å². The fourth-order valence-corrected chi connectivity index (χ4v) is 5.08. The molecule has 0 amide bonds. The molecule has 1 aliphatic rings. The molecule has 0 saturated carbocycles. The first kappa shape index (κ1) is 28.3. The molecule has 12 nitrogen and oxygen atoms in total. The molecule has 41 heavy (non-hydrogen) atoms. The quantitative estimate of drug-likeness (QED) is 0.116. The van der Waals surface area contributed by atoms with Gasteiger partial charge in [0.15, 0.2) is 16.7 Å². The van der Waals surface area contributed by atoms with Gasteiger partial charge in [0.1, 0.15) is 10.7 Å². The van der Waals surface area contributed by atoms with Crippen LogP contribution in [-0.4, -0.2) is 78.5 Å². The summed E-state index contributed by atoms with van der Waals surface area (Å²) in [6.45, 7) is 4.73. The Hall–Kier alpha value is -4.20. The lowest BCUT2D eigenvalue weighted by Crippen LogP contribution is -2.44. The number of ether oxygens (including phenoxy) is 2. The number of hydrogen-bond acceptors (Lipinski definition) is 9. The van der Waals surface area contributed by atoms with E-state index in [-0.39, 0.29) is 5.88 Å². The van der Waals surface area contributed by atoms with E-state index in [1.54, 1.807) is 20.3 Å². The third-order valence-electron chi connectivity index (χ3n) is 7.03. The van der Waals surface area contributed by atoms with Gasteiger partial charge in [-0.2, -0.15) is 0 Å². The minimum atomic E-state index is -0.550. The Kier molecular flexibility index (Phi) is 8.67. The Balaban J connectivity index is 1.54. The van der Waals surface area contributed by atoms with Crippen molar-refractivity contribution in [2.45, 2.75) is 13.0 Å². The second kappa shape index (κ2) is 12.5. The molecule has 2 aromatic heterocycles. The van der Waals surface area contributed by atoms with Crippen molar-refractivity contribution >= 4 is 51.3 Å². The summed E-state index contributed by atoms with van der Waals surface area (Å²) in [4.78, 5) is 20.2. The maximum absolute atomic E-state index is 11.3. The maximum atomic E-state index is 11.3. The third kappa shape index (κ3) is 6.42. The van der Waals surface area contributed by atoms with Crippen molar-refractivity contribution in [3.8, 4) is 17.3 Å². The largest absolute Gasteiger partial charge is 0.497 e. The first-order valence-electron chi connectivity index (χ1n) is 13.3. The number of anilines is 3. The van der Waals surface area contributed by atoms with Gasteiger partial charge < -0.3 is 38.9 Å². The molecule has 13 heteroatoms. The van der Waals surface area contributed by atoms with E-state index >= 15 is 0 Å². The highest BCUT2D eigenvalue weighted by atomic mass is 32.1. The zero-order valence-electron chi connectivity index (χ0n) is 23.3.